The Bertz CT molecular complexity index is 598. The van der Waals surface area contributed by atoms with Gasteiger partial charge >= 0.3 is 0 Å². The van der Waals surface area contributed by atoms with E-state index >= 15 is 0 Å². The zero-order chi connectivity index (χ0) is 15.2. The highest BCUT2D eigenvalue weighted by molar-refractivity contribution is 7.89. The molecule has 8 heteroatoms. The highest BCUT2D eigenvalue weighted by Crippen LogP contribution is 2.16. The van der Waals surface area contributed by atoms with Crippen LogP contribution in [0.15, 0.2) is 41.3 Å². The molecule has 0 aliphatic rings. The van der Waals surface area contributed by atoms with Crippen LogP contribution in [0, 0.1) is 10.1 Å². The Morgan fingerprint density at radius 2 is 2.20 bits per heavy atom. The van der Waals surface area contributed by atoms with Crippen LogP contribution in [0.25, 0.3) is 0 Å². The summed E-state index contributed by atoms with van der Waals surface area (Å²) in [5.74, 6) is 0. The summed E-state index contributed by atoms with van der Waals surface area (Å²) < 4.78 is 31.3. The number of hydrogen-bond donors (Lipinski definition) is 1. The molecular weight excluding hydrogens is 284 g/mol. The lowest BCUT2D eigenvalue weighted by Crippen LogP contribution is -2.27. The lowest BCUT2D eigenvalue weighted by Gasteiger charge is -2.07. The molecule has 1 N–H and O–H groups in total. The van der Waals surface area contributed by atoms with Gasteiger partial charge in [0.15, 0.2) is 0 Å². The third kappa shape index (κ3) is 5.08. The molecule has 0 aromatic heterocycles. The normalized spacial score (nSPS) is 11.2. The Morgan fingerprint density at radius 3 is 2.80 bits per heavy atom. The molecule has 0 heterocycles. The SMILES string of the molecule is C=C(C)COCCNS(=O)(=O)c1cccc([N+](=O)[O-])c1. The number of rotatable bonds is 8. The van der Waals surface area contributed by atoms with Crippen LogP contribution in [0.1, 0.15) is 6.92 Å². The van der Waals surface area contributed by atoms with Gasteiger partial charge in [0.05, 0.1) is 23.0 Å². The number of sulfonamides is 1. The van der Waals surface area contributed by atoms with E-state index in [0.29, 0.717) is 6.61 Å². The van der Waals surface area contributed by atoms with Crippen LogP contribution in [0.4, 0.5) is 5.69 Å². The van der Waals surface area contributed by atoms with Crippen LogP contribution in [0.3, 0.4) is 0 Å². The number of hydrogen-bond acceptors (Lipinski definition) is 5. The maximum Gasteiger partial charge on any atom is 0.270 e. The second kappa shape index (κ2) is 7.13. The average molecular weight is 300 g/mol. The van der Waals surface area contributed by atoms with Crippen molar-refractivity contribution >= 4 is 15.7 Å². The van der Waals surface area contributed by atoms with Crippen molar-refractivity contribution in [2.45, 2.75) is 11.8 Å². The minimum absolute atomic E-state index is 0.0817. The summed E-state index contributed by atoms with van der Waals surface area (Å²) in [5, 5.41) is 10.6. The largest absolute Gasteiger partial charge is 0.376 e. The van der Waals surface area contributed by atoms with Gasteiger partial charge in [0.25, 0.3) is 5.69 Å². The van der Waals surface area contributed by atoms with Gasteiger partial charge in [-0.25, -0.2) is 13.1 Å². The minimum atomic E-state index is -3.77. The van der Waals surface area contributed by atoms with Crippen molar-refractivity contribution in [3.8, 4) is 0 Å². The number of benzene rings is 1. The van der Waals surface area contributed by atoms with E-state index in [2.05, 4.69) is 11.3 Å². The van der Waals surface area contributed by atoms with Gasteiger partial charge in [-0.3, -0.25) is 10.1 Å². The maximum absolute atomic E-state index is 11.9. The monoisotopic (exact) mass is 300 g/mol. The van der Waals surface area contributed by atoms with Gasteiger partial charge in [-0.05, 0) is 13.0 Å². The third-order valence-corrected chi connectivity index (χ3v) is 3.68. The van der Waals surface area contributed by atoms with Crippen molar-refractivity contribution in [2.24, 2.45) is 0 Å². The van der Waals surface area contributed by atoms with E-state index in [1.807, 2.05) is 0 Å². The number of ether oxygens (including phenoxy) is 1. The molecule has 110 valence electrons. The van der Waals surface area contributed by atoms with E-state index in [0.717, 1.165) is 11.6 Å². The Balaban J connectivity index is 2.62. The predicted octanol–water partition coefficient (Wildman–Crippen LogP) is 1.47. The molecule has 1 aromatic carbocycles. The van der Waals surface area contributed by atoms with Gasteiger partial charge in [0, 0.05) is 18.7 Å². The maximum atomic E-state index is 11.9. The Morgan fingerprint density at radius 1 is 1.50 bits per heavy atom. The highest BCUT2D eigenvalue weighted by atomic mass is 32.2. The molecule has 0 bridgehead atoms. The quantitative estimate of drug-likeness (QED) is 0.339. The van der Waals surface area contributed by atoms with Crippen molar-refractivity contribution < 1.29 is 18.1 Å². The molecule has 0 spiro atoms. The standard InChI is InChI=1S/C12H16N2O5S/c1-10(2)9-19-7-6-13-20(17,18)12-5-3-4-11(8-12)14(15)16/h3-5,8,13H,1,6-7,9H2,2H3. The van der Waals surface area contributed by atoms with Gasteiger partial charge in [-0.2, -0.15) is 0 Å². The summed E-state index contributed by atoms with van der Waals surface area (Å²) in [6.45, 7) is 6.08. The van der Waals surface area contributed by atoms with Crippen LogP contribution in [-0.4, -0.2) is 33.1 Å². The second-order valence-electron chi connectivity index (χ2n) is 4.16. The van der Waals surface area contributed by atoms with E-state index in [9.17, 15) is 18.5 Å². The fraction of sp³-hybridized carbons (Fsp3) is 0.333. The first-order valence-electron chi connectivity index (χ1n) is 5.79. The Labute approximate surface area is 117 Å². The lowest BCUT2D eigenvalue weighted by molar-refractivity contribution is -0.385. The zero-order valence-corrected chi connectivity index (χ0v) is 11.9. The van der Waals surface area contributed by atoms with Gasteiger partial charge in [0.2, 0.25) is 10.0 Å². The van der Waals surface area contributed by atoms with Gasteiger partial charge in [-0.15, -0.1) is 0 Å². The van der Waals surface area contributed by atoms with Crippen molar-refractivity contribution in [1.82, 2.24) is 4.72 Å². The number of non-ortho nitro benzene ring substituents is 1. The van der Waals surface area contributed by atoms with Crippen molar-refractivity contribution in [3.63, 3.8) is 0 Å². The lowest BCUT2D eigenvalue weighted by atomic mass is 10.3. The summed E-state index contributed by atoms with van der Waals surface area (Å²) in [6, 6.07) is 4.86. The van der Waals surface area contributed by atoms with Crippen molar-refractivity contribution in [3.05, 3.63) is 46.5 Å². The Kier molecular flexibility index (Phi) is 5.81. The van der Waals surface area contributed by atoms with E-state index < -0.39 is 14.9 Å². The number of nitrogens with zero attached hydrogens (tertiary/aromatic N) is 1. The fourth-order valence-electron chi connectivity index (χ4n) is 1.34. The molecule has 1 rings (SSSR count). The number of nitro benzene ring substituents is 1. The molecule has 0 amide bonds. The molecule has 0 saturated carbocycles. The first-order chi connectivity index (χ1) is 9.33. The van der Waals surface area contributed by atoms with E-state index in [4.69, 9.17) is 4.74 Å². The first-order valence-corrected chi connectivity index (χ1v) is 7.27. The average Bonchev–Trinajstić information content (AvgIpc) is 2.38. The fourth-order valence-corrected chi connectivity index (χ4v) is 2.39. The number of nitrogens with one attached hydrogen (secondary N) is 1. The van der Waals surface area contributed by atoms with Crippen LogP contribution in [-0.2, 0) is 14.8 Å². The molecule has 0 saturated heterocycles. The smallest absolute Gasteiger partial charge is 0.270 e. The van der Waals surface area contributed by atoms with E-state index in [-0.39, 0.29) is 23.7 Å². The molecule has 0 aliphatic carbocycles. The molecule has 0 aliphatic heterocycles. The molecular formula is C12H16N2O5S. The Hall–Kier alpha value is -1.77. The predicted molar refractivity (Wildman–Crippen MR) is 73.9 cm³/mol. The van der Waals surface area contributed by atoms with Gasteiger partial charge < -0.3 is 4.74 Å². The highest BCUT2D eigenvalue weighted by Gasteiger charge is 2.16. The molecule has 0 atom stereocenters. The van der Waals surface area contributed by atoms with E-state index in [1.54, 1.807) is 6.92 Å². The summed E-state index contributed by atoms with van der Waals surface area (Å²) in [5.41, 5.74) is 0.568. The molecule has 7 nitrogen and oxygen atoms in total. The van der Waals surface area contributed by atoms with Gasteiger partial charge in [0.1, 0.15) is 0 Å². The van der Waals surface area contributed by atoms with Crippen LogP contribution in [0.2, 0.25) is 0 Å². The summed E-state index contributed by atoms with van der Waals surface area (Å²) in [6.07, 6.45) is 0. The first kappa shape index (κ1) is 16.3. The molecule has 0 fully saturated rings. The molecule has 0 radical (unpaired) electrons. The van der Waals surface area contributed by atoms with Crippen LogP contribution < -0.4 is 4.72 Å². The molecule has 1 aromatic rings. The second-order valence-corrected chi connectivity index (χ2v) is 5.93. The number of nitro groups is 1. The van der Waals surface area contributed by atoms with E-state index in [1.165, 1.54) is 18.2 Å². The summed E-state index contributed by atoms with van der Waals surface area (Å²) in [4.78, 5) is 9.81. The third-order valence-electron chi connectivity index (χ3n) is 2.23. The molecule has 0 unspecified atom stereocenters. The minimum Gasteiger partial charge on any atom is -0.376 e. The van der Waals surface area contributed by atoms with Crippen molar-refractivity contribution in [1.29, 1.82) is 0 Å². The van der Waals surface area contributed by atoms with Crippen LogP contribution >= 0.6 is 0 Å². The zero-order valence-electron chi connectivity index (χ0n) is 11.0. The molecule has 20 heavy (non-hydrogen) atoms. The van der Waals surface area contributed by atoms with Crippen LogP contribution in [0.5, 0.6) is 0 Å². The summed E-state index contributed by atoms with van der Waals surface area (Å²) in [7, 11) is -3.77. The summed E-state index contributed by atoms with van der Waals surface area (Å²) >= 11 is 0. The topological polar surface area (TPSA) is 98.5 Å². The van der Waals surface area contributed by atoms with Gasteiger partial charge in [-0.1, -0.05) is 18.2 Å². The van der Waals surface area contributed by atoms with Crippen molar-refractivity contribution in [2.75, 3.05) is 19.8 Å².